The van der Waals surface area contributed by atoms with Gasteiger partial charge < -0.3 is 15.4 Å². The molecular formula is C21H30ClN5OS. The molecule has 0 saturated carbocycles. The average molecular weight is 436 g/mol. The topological polar surface area (TPSA) is 61.8 Å². The van der Waals surface area contributed by atoms with E-state index in [0.29, 0.717) is 6.54 Å². The van der Waals surface area contributed by atoms with Crippen molar-refractivity contribution in [3.63, 3.8) is 0 Å². The van der Waals surface area contributed by atoms with E-state index in [2.05, 4.69) is 39.6 Å². The van der Waals surface area contributed by atoms with Crippen molar-refractivity contribution in [2.45, 2.75) is 33.4 Å². The van der Waals surface area contributed by atoms with E-state index in [9.17, 15) is 0 Å². The average Bonchev–Trinajstić information content (AvgIpc) is 3.05. The summed E-state index contributed by atoms with van der Waals surface area (Å²) in [5.74, 6) is 0.824. The minimum Gasteiger partial charge on any atom is -0.379 e. The summed E-state index contributed by atoms with van der Waals surface area (Å²) in [5, 5.41) is 8.73. The Morgan fingerprint density at radius 2 is 1.97 bits per heavy atom. The van der Waals surface area contributed by atoms with Crippen LogP contribution in [0.1, 0.15) is 34.1 Å². The van der Waals surface area contributed by atoms with E-state index in [1.54, 1.807) is 11.3 Å². The largest absolute Gasteiger partial charge is 0.379 e. The SMILES string of the molecule is CCNC(=NCc1sc(C)nc1C)NCC(c1ccc(Cl)cc1)N1CCOCC1. The van der Waals surface area contributed by atoms with Gasteiger partial charge in [-0.2, -0.15) is 0 Å². The van der Waals surface area contributed by atoms with Gasteiger partial charge in [-0.1, -0.05) is 23.7 Å². The first-order valence-corrected chi connectivity index (χ1v) is 11.3. The molecule has 6 nitrogen and oxygen atoms in total. The molecular weight excluding hydrogens is 406 g/mol. The molecule has 1 fully saturated rings. The quantitative estimate of drug-likeness (QED) is 0.514. The van der Waals surface area contributed by atoms with Crippen LogP contribution in [-0.4, -0.2) is 55.2 Å². The Bertz CT molecular complexity index is 802. The van der Waals surface area contributed by atoms with Gasteiger partial charge in [0.2, 0.25) is 0 Å². The van der Waals surface area contributed by atoms with Crippen LogP contribution in [0.4, 0.5) is 0 Å². The summed E-state index contributed by atoms with van der Waals surface area (Å²) in [5.41, 5.74) is 2.31. The Morgan fingerprint density at radius 1 is 1.24 bits per heavy atom. The molecule has 0 radical (unpaired) electrons. The normalized spacial score (nSPS) is 16.6. The minimum atomic E-state index is 0.229. The van der Waals surface area contributed by atoms with Gasteiger partial charge in [0.05, 0.1) is 36.5 Å². The van der Waals surface area contributed by atoms with Gasteiger partial charge in [-0.25, -0.2) is 9.98 Å². The molecule has 0 amide bonds. The van der Waals surface area contributed by atoms with Crippen molar-refractivity contribution >= 4 is 28.9 Å². The third-order valence-corrected chi connectivity index (χ3v) is 6.24. The molecule has 1 atom stereocenters. The van der Waals surface area contributed by atoms with Crippen LogP contribution in [0.15, 0.2) is 29.3 Å². The first-order valence-electron chi connectivity index (χ1n) is 10.1. The van der Waals surface area contributed by atoms with Crippen molar-refractivity contribution < 1.29 is 4.74 Å². The molecule has 8 heteroatoms. The van der Waals surface area contributed by atoms with Crippen molar-refractivity contribution in [3.8, 4) is 0 Å². The standard InChI is InChI=1S/C21H30ClN5OS/c1-4-23-21(25-14-20-15(2)26-16(3)29-20)24-13-19(27-9-11-28-12-10-27)17-5-7-18(22)8-6-17/h5-8,19H,4,9-14H2,1-3H3,(H2,23,24,25). The third kappa shape index (κ3) is 6.40. The van der Waals surface area contributed by atoms with E-state index in [-0.39, 0.29) is 6.04 Å². The second-order valence-corrected chi connectivity index (χ2v) is 8.76. The Morgan fingerprint density at radius 3 is 2.59 bits per heavy atom. The second-order valence-electron chi connectivity index (χ2n) is 7.03. The minimum absolute atomic E-state index is 0.229. The van der Waals surface area contributed by atoms with E-state index in [1.807, 2.05) is 26.0 Å². The molecule has 1 aliphatic heterocycles. The van der Waals surface area contributed by atoms with Crippen LogP contribution in [0.5, 0.6) is 0 Å². The number of aromatic nitrogens is 1. The number of guanidine groups is 1. The van der Waals surface area contributed by atoms with Crippen LogP contribution in [0.3, 0.4) is 0 Å². The van der Waals surface area contributed by atoms with Crippen LogP contribution < -0.4 is 10.6 Å². The number of rotatable bonds is 7. The lowest BCUT2D eigenvalue weighted by atomic mass is 10.0. The molecule has 29 heavy (non-hydrogen) atoms. The fourth-order valence-electron chi connectivity index (χ4n) is 3.44. The number of thiazole rings is 1. The summed E-state index contributed by atoms with van der Waals surface area (Å²) in [6.07, 6.45) is 0. The highest BCUT2D eigenvalue weighted by Gasteiger charge is 2.23. The molecule has 2 heterocycles. The summed E-state index contributed by atoms with van der Waals surface area (Å²) in [6, 6.07) is 8.36. The molecule has 2 N–H and O–H groups in total. The van der Waals surface area contributed by atoms with Crippen molar-refractivity contribution in [3.05, 3.63) is 50.4 Å². The zero-order valence-electron chi connectivity index (χ0n) is 17.4. The summed E-state index contributed by atoms with van der Waals surface area (Å²) >= 11 is 7.81. The number of morpholine rings is 1. The number of hydrogen-bond donors (Lipinski definition) is 2. The molecule has 0 bridgehead atoms. The highest BCUT2D eigenvalue weighted by atomic mass is 35.5. The van der Waals surface area contributed by atoms with E-state index < -0.39 is 0 Å². The van der Waals surface area contributed by atoms with E-state index >= 15 is 0 Å². The summed E-state index contributed by atoms with van der Waals surface area (Å²) < 4.78 is 5.55. The molecule has 0 spiro atoms. The molecule has 2 aromatic rings. The number of nitrogens with one attached hydrogen (secondary N) is 2. The van der Waals surface area contributed by atoms with Gasteiger partial charge in [0.25, 0.3) is 0 Å². The predicted octanol–water partition coefficient (Wildman–Crippen LogP) is 3.54. The zero-order valence-corrected chi connectivity index (χ0v) is 18.9. The van der Waals surface area contributed by atoms with Crippen molar-refractivity contribution in [1.82, 2.24) is 20.5 Å². The van der Waals surface area contributed by atoms with Crippen LogP contribution in [0.25, 0.3) is 0 Å². The van der Waals surface area contributed by atoms with E-state index in [1.165, 1.54) is 10.4 Å². The summed E-state index contributed by atoms with van der Waals surface area (Å²) in [7, 11) is 0. The van der Waals surface area contributed by atoms with Crippen LogP contribution >= 0.6 is 22.9 Å². The van der Waals surface area contributed by atoms with Gasteiger partial charge in [0.1, 0.15) is 0 Å². The van der Waals surface area contributed by atoms with Gasteiger partial charge in [-0.05, 0) is 38.5 Å². The lowest BCUT2D eigenvalue weighted by molar-refractivity contribution is 0.0170. The number of hydrogen-bond acceptors (Lipinski definition) is 5. The molecule has 158 valence electrons. The zero-order chi connectivity index (χ0) is 20.6. The molecule has 1 unspecified atom stereocenters. The highest BCUT2D eigenvalue weighted by Crippen LogP contribution is 2.23. The first kappa shape index (κ1) is 22.0. The third-order valence-electron chi connectivity index (χ3n) is 4.93. The van der Waals surface area contributed by atoms with Crippen molar-refractivity contribution in [2.75, 3.05) is 39.4 Å². The summed E-state index contributed by atoms with van der Waals surface area (Å²) in [4.78, 5) is 12.9. The Balaban J connectivity index is 1.71. The monoisotopic (exact) mass is 435 g/mol. The molecule has 0 aliphatic carbocycles. The van der Waals surface area contributed by atoms with E-state index in [4.69, 9.17) is 21.3 Å². The maximum Gasteiger partial charge on any atom is 0.191 e. The fraction of sp³-hybridized carbons (Fsp3) is 0.524. The number of halogens is 1. The second kappa shape index (κ2) is 10.9. The van der Waals surface area contributed by atoms with Gasteiger partial charge >= 0.3 is 0 Å². The van der Waals surface area contributed by atoms with Crippen LogP contribution in [0.2, 0.25) is 5.02 Å². The lowest BCUT2D eigenvalue weighted by Crippen LogP contribution is -2.46. The molecule has 1 aromatic carbocycles. The number of ether oxygens (including phenoxy) is 1. The summed E-state index contributed by atoms with van der Waals surface area (Å²) in [6.45, 7) is 11.7. The fourth-order valence-corrected chi connectivity index (χ4v) is 4.43. The first-order chi connectivity index (χ1) is 14.1. The number of aryl methyl sites for hydroxylation is 2. The number of benzene rings is 1. The molecule has 1 aliphatic rings. The lowest BCUT2D eigenvalue weighted by Gasteiger charge is -2.35. The Kier molecular flexibility index (Phi) is 8.29. The number of nitrogens with zero attached hydrogens (tertiary/aromatic N) is 3. The molecule has 1 aromatic heterocycles. The van der Waals surface area contributed by atoms with Gasteiger partial charge in [0.15, 0.2) is 5.96 Å². The van der Waals surface area contributed by atoms with Crippen LogP contribution in [-0.2, 0) is 11.3 Å². The van der Waals surface area contributed by atoms with Gasteiger partial charge in [-0.3, -0.25) is 4.90 Å². The van der Waals surface area contributed by atoms with Crippen LogP contribution in [0, 0.1) is 13.8 Å². The Labute approximate surface area is 182 Å². The maximum atomic E-state index is 6.10. The van der Waals surface area contributed by atoms with Gasteiger partial charge in [-0.15, -0.1) is 11.3 Å². The predicted molar refractivity (Wildman–Crippen MR) is 121 cm³/mol. The smallest absolute Gasteiger partial charge is 0.191 e. The van der Waals surface area contributed by atoms with Crippen molar-refractivity contribution in [1.29, 1.82) is 0 Å². The molecule has 3 rings (SSSR count). The van der Waals surface area contributed by atoms with E-state index in [0.717, 1.165) is 61.1 Å². The molecule has 1 saturated heterocycles. The number of aliphatic imine (C=N–C) groups is 1. The highest BCUT2D eigenvalue weighted by molar-refractivity contribution is 7.11. The Hall–Kier alpha value is -1.67. The maximum absolute atomic E-state index is 6.10. The van der Waals surface area contributed by atoms with Gasteiger partial charge in [0, 0.05) is 36.1 Å². The van der Waals surface area contributed by atoms with Crippen molar-refractivity contribution in [2.24, 2.45) is 4.99 Å².